The second-order valence-corrected chi connectivity index (χ2v) is 8.10. The van der Waals surface area contributed by atoms with Crippen LogP contribution in [0.2, 0.25) is 5.02 Å². The van der Waals surface area contributed by atoms with Gasteiger partial charge in [-0.25, -0.2) is 14.2 Å². The SMILES string of the molecule is C#CCNC(=O)c1cccc(F)c1Nc1nc(Nc2ccc3c(c2)OCCCN3C(=O)OC)ncc1Cl. The van der Waals surface area contributed by atoms with Gasteiger partial charge in [0.05, 0.1) is 43.4 Å². The molecule has 0 saturated heterocycles. The van der Waals surface area contributed by atoms with E-state index in [9.17, 15) is 14.0 Å². The van der Waals surface area contributed by atoms with Crippen molar-refractivity contribution < 1.29 is 23.5 Å². The summed E-state index contributed by atoms with van der Waals surface area (Å²) in [5.74, 6) is 1.74. The molecule has 2 heterocycles. The minimum absolute atomic E-state index is 0.0149. The van der Waals surface area contributed by atoms with E-state index in [2.05, 4.69) is 31.8 Å². The second kappa shape index (κ2) is 11.5. The molecule has 2 amide bonds. The summed E-state index contributed by atoms with van der Waals surface area (Å²) >= 11 is 6.26. The maximum absolute atomic E-state index is 14.7. The number of ether oxygens (including phenoxy) is 2. The number of hydrogen-bond donors (Lipinski definition) is 3. The van der Waals surface area contributed by atoms with Gasteiger partial charge in [-0.3, -0.25) is 9.69 Å². The van der Waals surface area contributed by atoms with Crippen LogP contribution in [0.15, 0.2) is 42.6 Å². The number of anilines is 5. The maximum atomic E-state index is 14.7. The quantitative estimate of drug-likeness (QED) is 0.404. The first-order valence-electron chi connectivity index (χ1n) is 11.1. The summed E-state index contributed by atoms with van der Waals surface area (Å²) in [4.78, 5) is 34.6. The van der Waals surface area contributed by atoms with Crippen LogP contribution in [0.5, 0.6) is 5.75 Å². The zero-order chi connectivity index (χ0) is 26.4. The minimum Gasteiger partial charge on any atom is -0.491 e. The molecule has 3 N–H and O–H groups in total. The number of carbonyl (C=O) groups excluding carboxylic acids is 2. The second-order valence-electron chi connectivity index (χ2n) is 7.70. The molecule has 0 bridgehead atoms. The van der Waals surface area contributed by atoms with E-state index in [-0.39, 0.29) is 34.6 Å². The molecule has 3 aromatic rings. The lowest BCUT2D eigenvalue weighted by atomic mass is 10.1. The van der Waals surface area contributed by atoms with Gasteiger partial charge in [-0.05, 0) is 30.7 Å². The largest absolute Gasteiger partial charge is 0.491 e. The van der Waals surface area contributed by atoms with Crippen LogP contribution in [0, 0.1) is 18.2 Å². The Morgan fingerprint density at radius 1 is 1.30 bits per heavy atom. The van der Waals surface area contributed by atoms with Gasteiger partial charge in [-0.2, -0.15) is 4.98 Å². The van der Waals surface area contributed by atoms with Crippen molar-refractivity contribution in [1.29, 1.82) is 0 Å². The Kier molecular flexibility index (Phi) is 7.90. The summed E-state index contributed by atoms with van der Waals surface area (Å²) in [6.45, 7) is 0.870. The molecular formula is C25H22ClFN6O4. The number of amides is 2. The molecule has 0 fully saturated rings. The van der Waals surface area contributed by atoms with Crippen molar-refractivity contribution in [3.8, 4) is 18.1 Å². The van der Waals surface area contributed by atoms with Crippen LogP contribution in [0.25, 0.3) is 0 Å². The molecule has 0 spiro atoms. The number of carbonyl (C=O) groups is 2. The number of aromatic nitrogens is 2. The van der Waals surface area contributed by atoms with Gasteiger partial charge in [0.15, 0.2) is 5.82 Å². The Hall–Kier alpha value is -4.56. The lowest BCUT2D eigenvalue weighted by molar-refractivity contribution is 0.0959. The van der Waals surface area contributed by atoms with E-state index >= 15 is 0 Å². The number of hydrogen-bond acceptors (Lipinski definition) is 8. The third-order valence-electron chi connectivity index (χ3n) is 5.28. The van der Waals surface area contributed by atoms with Crippen molar-refractivity contribution in [3.63, 3.8) is 0 Å². The zero-order valence-corrected chi connectivity index (χ0v) is 20.4. The predicted octanol–water partition coefficient (Wildman–Crippen LogP) is 4.47. The van der Waals surface area contributed by atoms with Crippen LogP contribution < -0.4 is 25.6 Å². The smallest absolute Gasteiger partial charge is 0.414 e. The topological polar surface area (TPSA) is 118 Å². The molecule has 12 heteroatoms. The Bertz CT molecular complexity index is 1380. The Morgan fingerprint density at radius 2 is 2.14 bits per heavy atom. The molecule has 0 aliphatic carbocycles. The van der Waals surface area contributed by atoms with Gasteiger partial charge in [-0.15, -0.1) is 6.42 Å². The molecular weight excluding hydrogens is 503 g/mol. The lowest BCUT2D eigenvalue weighted by Crippen LogP contribution is -2.31. The normalized spacial score (nSPS) is 12.3. The number of nitrogens with one attached hydrogen (secondary N) is 3. The van der Waals surface area contributed by atoms with Crippen molar-refractivity contribution in [1.82, 2.24) is 15.3 Å². The van der Waals surface area contributed by atoms with Crippen molar-refractivity contribution in [3.05, 3.63) is 59.0 Å². The van der Waals surface area contributed by atoms with E-state index in [0.29, 0.717) is 36.7 Å². The summed E-state index contributed by atoms with van der Waals surface area (Å²) in [6.07, 6.45) is 6.68. The van der Waals surface area contributed by atoms with Crippen LogP contribution in [-0.2, 0) is 4.74 Å². The minimum atomic E-state index is -0.685. The average Bonchev–Trinajstić information content (AvgIpc) is 3.12. The van der Waals surface area contributed by atoms with Crippen LogP contribution in [-0.4, -0.2) is 48.8 Å². The summed E-state index contributed by atoms with van der Waals surface area (Å²) in [5.41, 5.74) is 1.05. The monoisotopic (exact) mass is 524 g/mol. The maximum Gasteiger partial charge on any atom is 0.414 e. The van der Waals surface area contributed by atoms with Crippen molar-refractivity contribution >= 4 is 52.4 Å². The van der Waals surface area contributed by atoms with Crippen molar-refractivity contribution in [2.24, 2.45) is 0 Å². The summed E-state index contributed by atoms with van der Waals surface area (Å²) < 4.78 is 25.3. The van der Waals surface area contributed by atoms with E-state index in [4.69, 9.17) is 27.5 Å². The van der Waals surface area contributed by atoms with Gasteiger partial charge in [0.25, 0.3) is 5.91 Å². The predicted molar refractivity (Wildman–Crippen MR) is 137 cm³/mol. The number of methoxy groups -OCH3 is 1. The average molecular weight is 525 g/mol. The Balaban J connectivity index is 1.59. The molecule has 2 aromatic carbocycles. The highest BCUT2D eigenvalue weighted by molar-refractivity contribution is 6.33. The fourth-order valence-electron chi connectivity index (χ4n) is 3.58. The van der Waals surface area contributed by atoms with E-state index in [1.54, 1.807) is 18.2 Å². The molecule has 4 rings (SSSR count). The zero-order valence-electron chi connectivity index (χ0n) is 19.7. The molecule has 0 saturated carbocycles. The Labute approximate surface area is 217 Å². The molecule has 0 radical (unpaired) electrons. The highest BCUT2D eigenvalue weighted by Gasteiger charge is 2.23. The van der Waals surface area contributed by atoms with Gasteiger partial charge < -0.3 is 25.4 Å². The molecule has 10 nitrogen and oxygen atoms in total. The fraction of sp³-hybridized carbons (Fsp3) is 0.200. The molecule has 0 atom stereocenters. The molecule has 37 heavy (non-hydrogen) atoms. The highest BCUT2D eigenvalue weighted by Crippen LogP contribution is 2.35. The Morgan fingerprint density at radius 3 is 2.92 bits per heavy atom. The van der Waals surface area contributed by atoms with E-state index in [1.807, 2.05) is 0 Å². The molecule has 1 aliphatic rings. The molecule has 1 aliphatic heterocycles. The fourth-order valence-corrected chi connectivity index (χ4v) is 3.72. The summed E-state index contributed by atoms with van der Waals surface area (Å²) in [6, 6.07) is 9.18. The van der Waals surface area contributed by atoms with Gasteiger partial charge in [0, 0.05) is 18.3 Å². The van der Waals surface area contributed by atoms with Gasteiger partial charge in [-0.1, -0.05) is 23.6 Å². The third-order valence-corrected chi connectivity index (χ3v) is 5.56. The molecule has 1 aromatic heterocycles. The van der Waals surface area contributed by atoms with E-state index in [1.165, 1.54) is 36.4 Å². The van der Waals surface area contributed by atoms with Crippen LogP contribution in [0.1, 0.15) is 16.8 Å². The molecule has 0 unspecified atom stereocenters. The van der Waals surface area contributed by atoms with Crippen molar-refractivity contribution in [2.45, 2.75) is 6.42 Å². The van der Waals surface area contributed by atoms with Gasteiger partial charge >= 0.3 is 6.09 Å². The number of nitrogens with zero attached hydrogens (tertiary/aromatic N) is 3. The van der Waals surface area contributed by atoms with Crippen LogP contribution in [0.3, 0.4) is 0 Å². The number of terminal acetylenes is 1. The van der Waals surface area contributed by atoms with Crippen LogP contribution in [0.4, 0.5) is 38.0 Å². The number of halogens is 2. The lowest BCUT2D eigenvalue weighted by Gasteiger charge is -2.20. The number of benzene rings is 2. The first kappa shape index (κ1) is 25.5. The van der Waals surface area contributed by atoms with Crippen molar-refractivity contribution in [2.75, 3.05) is 42.3 Å². The van der Waals surface area contributed by atoms with Crippen LogP contribution >= 0.6 is 11.6 Å². The first-order chi connectivity index (χ1) is 17.9. The number of fused-ring (bicyclic) bond motifs is 1. The number of rotatable bonds is 6. The first-order valence-corrected chi connectivity index (χ1v) is 11.5. The summed E-state index contributed by atoms with van der Waals surface area (Å²) in [5, 5.41) is 8.42. The van der Waals surface area contributed by atoms with Gasteiger partial charge in [0.2, 0.25) is 5.95 Å². The van der Waals surface area contributed by atoms with Gasteiger partial charge in [0.1, 0.15) is 16.6 Å². The van der Waals surface area contributed by atoms with E-state index < -0.39 is 17.8 Å². The molecule has 190 valence electrons. The van der Waals surface area contributed by atoms with E-state index in [0.717, 1.165) is 0 Å². The highest BCUT2D eigenvalue weighted by atomic mass is 35.5. The number of para-hydroxylation sites is 1. The summed E-state index contributed by atoms with van der Waals surface area (Å²) in [7, 11) is 1.32. The standard InChI is InChI=1S/C25H22ClFN6O4/c1-3-10-28-23(34)16-6-4-7-18(27)21(16)31-22-17(26)14-29-24(32-22)30-15-8-9-19-20(13-15)37-12-5-11-33(19)25(35)36-2/h1,4,6-9,13-14H,5,10-12H2,2H3,(H,28,34)(H2,29,30,31,32). The third kappa shape index (κ3) is 5.82.